The van der Waals surface area contributed by atoms with Crippen LogP contribution in [0.5, 0.6) is 0 Å². The summed E-state index contributed by atoms with van der Waals surface area (Å²) in [4.78, 5) is 47.9. The fraction of sp³-hybridized carbons (Fsp3) is 0.125. The van der Waals surface area contributed by atoms with Gasteiger partial charge in [0.05, 0.1) is 18.4 Å². The van der Waals surface area contributed by atoms with Gasteiger partial charge in [0, 0.05) is 30.4 Å². The van der Waals surface area contributed by atoms with Crippen molar-refractivity contribution in [1.82, 2.24) is 15.4 Å². The van der Waals surface area contributed by atoms with Crippen LogP contribution in [0.15, 0.2) is 49.1 Å². The number of hydrogen-bond acceptors (Lipinski definition) is 7. The highest BCUT2D eigenvalue weighted by Crippen LogP contribution is 1.93. The number of nitrogens with two attached hydrogens (primary N) is 2. The van der Waals surface area contributed by atoms with Gasteiger partial charge in [-0.3, -0.25) is 34.6 Å². The molecule has 0 aliphatic carbocycles. The molecule has 2 heterocycles. The molecular weight excluding hydrogens is 358 g/mol. The zero-order chi connectivity index (χ0) is 20.7. The molecule has 2 aromatic heterocycles. The number of nitrogen functional groups attached to an aromatic ring is 1. The number of aromatic nitrogens is 2. The third-order valence-corrected chi connectivity index (χ3v) is 2.57. The molecule has 0 saturated heterocycles. The molecule has 2 aromatic rings. The zero-order valence-electron chi connectivity index (χ0n) is 14.1. The number of nitrogens with one attached hydrogen (secondary N) is 1. The van der Waals surface area contributed by atoms with Crippen molar-refractivity contribution >= 4 is 23.8 Å². The molecule has 0 aliphatic rings. The highest BCUT2D eigenvalue weighted by molar-refractivity contribution is 5.93. The second-order valence-corrected chi connectivity index (χ2v) is 4.60. The third kappa shape index (κ3) is 12.2. The van der Waals surface area contributed by atoms with E-state index in [1.807, 2.05) is 5.43 Å². The normalized spacial score (nSPS) is 8.78. The number of rotatable bonds is 5. The van der Waals surface area contributed by atoms with Crippen molar-refractivity contribution in [1.29, 1.82) is 0 Å². The van der Waals surface area contributed by atoms with Crippen LogP contribution in [0, 0.1) is 0 Å². The quantitative estimate of drug-likeness (QED) is 0.266. The Bertz CT molecular complexity index is 725. The molecule has 11 nitrogen and oxygen atoms in total. The van der Waals surface area contributed by atoms with Crippen molar-refractivity contribution in [2.45, 2.75) is 12.8 Å². The molecule has 0 saturated carbocycles. The average Bonchev–Trinajstić information content (AvgIpc) is 2.68. The Morgan fingerprint density at radius 1 is 0.889 bits per heavy atom. The number of nitrogens with zero attached hydrogens (tertiary/aromatic N) is 2. The molecule has 0 fully saturated rings. The van der Waals surface area contributed by atoms with Gasteiger partial charge in [0.15, 0.2) is 0 Å². The zero-order valence-corrected chi connectivity index (χ0v) is 14.1. The number of carbonyl (C=O) groups is 4. The van der Waals surface area contributed by atoms with Crippen LogP contribution in [0.25, 0.3) is 0 Å². The van der Waals surface area contributed by atoms with Crippen LogP contribution in [0.3, 0.4) is 0 Å². The molecule has 0 aliphatic heterocycles. The van der Waals surface area contributed by atoms with E-state index >= 15 is 0 Å². The Morgan fingerprint density at radius 2 is 1.44 bits per heavy atom. The number of hydrogen-bond donors (Lipinski definition) is 5. The van der Waals surface area contributed by atoms with Crippen LogP contribution in [0.4, 0.5) is 0 Å². The second kappa shape index (κ2) is 13.4. The summed E-state index contributed by atoms with van der Waals surface area (Å²) in [6.07, 6.45) is 5.49. The first kappa shape index (κ1) is 23.1. The van der Waals surface area contributed by atoms with Crippen LogP contribution >= 0.6 is 0 Å². The van der Waals surface area contributed by atoms with Gasteiger partial charge < -0.3 is 15.9 Å². The molecule has 0 spiro atoms. The lowest BCUT2D eigenvalue weighted by Crippen LogP contribution is -2.29. The van der Waals surface area contributed by atoms with Crippen LogP contribution in [0.1, 0.15) is 33.6 Å². The number of aliphatic carboxylic acids is 2. The van der Waals surface area contributed by atoms with Gasteiger partial charge in [0.1, 0.15) is 0 Å². The van der Waals surface area contributed by atoms with E-state index in [0.29, 0.717) is 11.1 Å². The number of carboxylic acids is 2. The number of amides is 2. The maximum absolute atomic E-state index is 10.7. The molecule has 7 N–H and O–H groups in total. The van der Waals surface area contributed by atoms with Crippen LogP contribution in [-0.2, 0) is 9.59 Å². The molecule has 0 radical (unpaired) electrons. The molecule has 27 heavy (non-hydrogen) atoms. The summed E-state index contributed by atoms with van der Waals surface area (Å²) >= 11 is 0. The molecule has 2 rings (SSSR count). The highest BCUT2D eigenvalue weighted by atomic mass is 16.4. The first-order valence-corrected chi connectivity index (χ1v) is 7.32. The van der Waals surface area contributed by atoms with Gasteiger partial charge in [-0.25, -0.2) is 5.84 Å². The molecule has 144 valence electrons. The summed E-state index contributed by atoms with van der Waals surface area (Å²) in [5, 5.41) is 15.8. The van der Waals surface area contributed by atoms with Crippen molar-refractivity contribution in [3.05, 3.63) is 60.2 Å². The van der Waals surface area contributed by atoms with Gasteiger partial charge in [-0.15, -0.1) is 0 Å². The van der Waals surface area contributed by atoms with Crippen molar-refractivity contribution in [3.8, 4) is 0 Å². The molecular formula is C16H19N5O6. The first-order chi connectivity index (χ1) is 12.8. The molecule has 2 amide bonds. The summed E-state index contributed by atoms with van der Waals surface area (Å²) < 4.78 is 0. The number of primary amides is 1. The van der Waals surface area contributed by atoms with Crippen molar-refractivity contribution < 1.29 is 29.4 Å². The Hall–Kier alpha value is -3.86. The van der Waals surface area contributed by atoms with Gasteiger partial charge in [0.25, 0.3) is 5.91 Å². The Morgan fingerprint density at radius 3 is 1.78 bits per heavy atom. The lowest BCUT2D eigenvalue weighted by molar-refractivity contribution is -0.143. The van der Waals surface area contributed by atoms with Crippen LogP contribution < -0.4 is 17.0 Å². The smallest absolute Gasteiger partial charge is 0.303 e. The standard InChI is InChI=1S/C6H7N3O.C6H6N2O.C4H6O4/c7-9-6(10)5-1-3-8-4-2-5;7-6(9)5-2-1-3-8-4-5;5-3(6)1-2-4(7)8/h1-4H,7H2,(H,9,10);1-4H,(H2,7,9);1-2H2,(H,5,6)(H,7,8). The SMILES string of the molecule is NC(=O)c1cccnc1.NNC(=O)c1ccncc1.O=C(O)CCC(=O)O. The van der Waals surface area contributed by atoms with Crippen LogP contribution in [0.2, 0.25) is 0 Å². The molecule has 0 atom stereocenters. The minimum absolute atomic E-state index is 0.296. The lowest BCUT2D eigenvalue weighted by Gasteiger charge is -1.95. The minimum Gasteiger partial charge on any atom is -0.481 e. The van der Waals surface area contributed by atoms with E-state index in [0.717, 1.165) is 0 Å². The molecule has 11 heteroatoms. The van der Waals surface area contributed by atoms with E-state index < -0.39 is 17.8 Å². The van der Waals surface area contributed by atoms with Gasteiger partial charge in [-0.1, -0.05) is 0 Å². The van der Waals surface area contributed by atoms with Crippen molar-refractivity contribution in [2.75, 3.05) is 0 Å². The van der Waals surface area contributed by atoms with Crippen molar-refractivity contribution in [2.24, 2.45) is 11.6 Å². The highest BCUT2D eigenvalue weighted by Gasteiger charge is 2.00. The maximum atomic E-state index is 10.7. The average molecular weight is 377 g/mol. The summed E-state index contributed by atoms with van der Waals surface area (Å²) in [5.74, 6) is 1.99. The lowest BCUT2D eigenvalue weighted by atomic mass is 10.3. The van der Waals surface area contributed by atoms with E-state index in [-0.39, 0.29) is 18.7 Å². The molecule has 0 aromatic carbocycles. The third-order valence-electron chi connectivity index (χ3n) is 2.57. The minimum atomic E-state index is -1.08. The fourth-order valence-corrected chi connectivity index (χ4v) is 1.31. The predicted octanol–water partition coefficient (Wildman–Crippen LogP) is -0.199. The van der Waals surface area contributed by atoms with Gasteiger partial charge in [-0.05, 0) is 24.3 Å². The summed E-state index contributed by atoms with van der Waals surface area (Å²) in [7, 11) is 0. The number of carbonyl (C=O) groups excluding carboxylic acids is 2. The van der Waals surface area contributed by atoms with Gasteiger partial charge in [0.2, 0.25) is 5.91 Å². The monoisotopic (exact) mass is 377 g/mol. The van der Waals surface area contributed by atoms with Gasteiger partial charge in [-0.2, -0.15) is 0 Å². The predicted molar refractivity (Wildman–Crippen MR) is 93.2 cm³/mol. The van der Waals surface area contributed by atoms with E-state index in [1.165, 1.54) is 18.6 Å². The Labute approximate surface area is 154 Å². The van der Waals surface area contributed by atoms with Crippen molar-refractivity contribution in [3.63, 3.8) is 0 Å². The topological polar surface area (TPSA) is 199 Å². The van der Waals surface area contributed by atoms with Gasteiger partial charge >= 0.3 is 11.9 Å². The molecule has 0 bridgehead atoms. The second-order valence-electron chi connectivity index (χ2n) is 4.60. The van der Waals surface area contributed by atoms with E-state index in [1.54, 1.807) is 30.5 Å². The largest absolute Gasteiger partial charge is 0.481 e. The first-order valence-electron chi connectivity index (χ1n) is 7.32. The van der Waals surface area contributed by atoms with E-state index in [2.05, 4.69) is 9.97 Å². The molecule has 0 unspecified atom stereocenters. The summed E-state index contributed by atoms with van der Waals surface area (Å²) in [5.41, 5.74) is 7.90. The maximum Gasteiger partial charge on any atom is 0.303 e. The number of hydrazine groups is 1. The van der Waals surface area contributed by atoms with E-state index in [9.17, 15) is 19.2 Å². The van der Waals surface area contributed by atoms with Crippen LogP contribution in [-0.4, -0.2) is 43.9 Å². The van der Waals surface area contributed by atoms with E-state index in [4.69, 9.17) is 21.8 Å². The Balaban J connectivity index is 0.000000379. The summed E-state index contributed by atoms with van der Waals surface area (Å²) in [6, 6.07) is 6.46. The fourth-order valence-electron chi connectivity index (χ4n) is 1.31. The Kier molecular flexibility index (Phi) is 11.5. The number of pyridine rings is 2. The number of carboxylic acid groups (broad SMARTS) is 2. The summed E-state index contributed by atoms with van der Waals surface area (Å²) in [6.45, 7) is 0.